The number of fused-ring (bicyclic) bond motifs is 1. The lowest BCUT2D eigenvalue weighted by molar-refractivity contribution is -0.130. The molecule has 4 nitrogen and oxygen atoms in total. The Morgan fingerprint density at radius 1 is 0.932 bits per heavy atom. The predicted molar refractivity (Wildman–Crippen MR) is 182 cm³/mol. The van der Waals surface area contributed by atoms with Crippen LogP contribution in [-0.2, 0) is 20.8 Å². The van der Waals surface area contributed by atoms with Crippen LogP contribution in [0.5, 0.6) is 0 Å². The molecule has 44 heavy (non-hydrogen) atoms. The lowest BCUT2D eigenvalue weighted by Gasteiger charge is -2.33. The van der Waals surface area contributed by atoms with Crippen molar-refractivity contribution >= 4 is 28.7 Å². The first kappa shape index (κ1) is 35.3. The SMILES string of the molecule is CCCC(=O)CCC/C1=C/C=C(/c2ccc(C)c3c2CC(CC(CCC)C(CC)C(=O)CC(C)=O)CC3=O)C/C=C\C=C/C1. The van der Waals surface area contributed by atoms with Crippen LogP contribution in [-0.4, -0.2) is 23.1 Å². The summed E-state index contributed by atoms with van der Waals surface area (Å²) >= 11 is 0. The van der Waals surface area contributed by atoms with Gasteiger partial charge in [0.2, 0.25) is 0 Å². The summed E-state index contributed by atoms with van der Waals surface area (Å²) in [5, 5.41) is 0. The second-order valence-electron chi connectivity index (χ2n) is 13.0. The number of aryl methyl sites for hydroxylation is 1. The topological polar surface area (TPSA) is 68.3 Å². The van der Waals surface area contributed by atoms with Crippen LogP contribution in [0.1, 0.15) is 138 Å². The van der Waals surface area contributed by atoms with Crippen LogP contribution in [0.25, 0.3) is 5.57 Å². The molecule has 0 radical (unpaired) electrons. The van der Waals surface area contributed by atoms with Crippen LogP contribution in [0.4, 0.5) is 0 Å². The van der Waals surface area contributed by atoms with Gasteiger partial charge >= 0.3 is 0 Å². The van der Waals surface area contributed by atoms with Gasteiger partial charge in [-0.2, -0.15) is 0 Å². The number of rotatable bonds is 16. The molecule has 0 heterocycles. The van der Waals surface area contributed by atoms with Crippen LogP contribution in [0.3, 0.4) is 0 Å². The summed E-state index contributed by atoms with van der Waals surface area (Å²) < 4.78 is 0. The summed E-state index contributed by atoms with van der Waals surface area (Å²) in [4.78, 5) is 50.6. The number of carbonyl (C=O) groups excluding carboxylic acids is 4. The first-order chi connectivity index (χ1) is 21.2. The van der Waals surface area contributed by atoms with Crippen LogP contribution >= 0.6 is 0 Å². The van der Waals surface area contributed by atoms with E-state index in [4.69, 9.17) is 0 Å². The number of ketones is 4. The fourth-order valence-corrected chi connectivity index (χ4v) is 7.27. The summed E-state index contributed by atoms with van der Waals surface area (Å²) in [7, 11) is 0. The molecule has 0 aliphatic heterocycles. The minimum Gasteiger partial charge on any atom is -0.300 e. The zero-order valence-corrected chi connectivity index (χ0v) is 27.9. The molecule has 0 saturated carbocycles. The number of benzene rings is 1. The van der Waals surface area contributed by atoms with Crippen molar-refractivity contribution in [2.75, 3.05) is 0 Å². The van der Waals surface area contributed by atoms with Crippen molar-refractivity contribution in [1.29, 1.82) is 0 Å². The first-order valence-electron chi connectivity index (χ1n) is 17.1. The van der Waals surface area contributed by atoms with Crippen molar-refractivity contribution < 1.29 is 19.2 Å². The molecule has 3 rings (SSSR count). The fraction of sp³-hybridized carbons (Fsp3) is 0.550. The highest BCUT2D eigenvalue weighted by atomic mass is 16.1. The Hall–Kier alpha value is -3.14. The molecule has 4 heteroatoms. The Morgan fingerprint density at radius 3 is 2.36 bits per heavy atom. The average molecular weight is 599 g/mol. The number of hydrogen-bond acceptors (Lipinski definition) is 4. The minimum absolute atomic E-state index is 0.00983. The standard InChI is InChI=1S/C40H54O4/c1-6-14-33(35(8-3)38(43)24-29(5)41)25-31-26-37-36(23-20-28(4)40(37)39(44)27-31)32-18-12-10-9-11-16-30(21-22-32)17-13-19-34(42)15-7-2/h9-12,20-23,31,33,35H,6-8,13-19,24-27H2,1-5H3/b11-9-,12-10-,30-21+,32-22+. The second kappa shape index (κ2) is 18.0. The molecule has 0 spiro atoms. The summed E-state index contributed by atoms with van der Waals surface area (Å²) in [6.07, 6.45) is 23.5. The van der Waals surface area contributed by atoms with E-state index < -0.39 is 0 Å². The lowest BCUT2D eigenvalue weighted by atomic mass is 9.71. The van der Waals surface area contributed by atoms with E-state index in [1.807, 2.05) is 13.8 Å². The van der Waals surface area contributed by atoms with Crippen molar-refractivity contribution in [3.8, 4) is 0 Å². The molecule has 1 aromatic rings. The fourth-order valence-electron chi connectivity index (χ4n) is 7.27. The molecule has 0 amide bonds. The zero-order valence-electron chi connectivity index (χ0n) is 27.9. The van der Waals surface area contributed by atoms with Gasteiger partial charge in [0, 0.05) is 30.7 Å². The van der Waals surface area contributed by atoms with E-state index in [1.165, 1.54) is 18.1 Å². The Labute approximate surface area is 266 Å². The van der Waals surface area contributed by atoms with Gasteiger partial charge in [0.25, 0.3) is 0 Å². The van der Waals surface area contributed by atoms with Gasteiger partial charge in [0.1, 0.15) is 17.3 Å². The van der Waals surface area contributed by atoms with Gasteiger partial charge in [-0.25, -0.2) is 0 Å². The number of allylic oxidation sites excluding steroid dienone is 8. The maximum absolute atomic E-state index is 13.7. The number of Topliss-reactive ketones (excluding diaryl/α,β-unsaturated/α-hetero) is 4. The zero-order chi connectivity index (χ0) is 32.1. The first-order valence-corrected chi connectivity index (χ1v) is 17.1. The van der Waals surface area contributed by atoms with Gasteiger partial charge in [0.05, 0.1) is 6.42 Å². The van der Waals surface area contributed by atoms with Crippen molar-refractivity contribution in [3.63, 3.8) is 0 Å². The second-order valence-corrected chi connectivity index (χ2v) is 13.0. The molecular formula is C40H54O4. The predicted octanol–water partition coefficient (Wildman–Crippen LogP) is 9.88. The Bertz CT molecular complexity index is 1300. The van der Waals surface area contributed by atoms with E-state index in [-0.39, 0.29) is 41.5 Å². The number of carbonyl (C=O) groups is 4. The summed E-state index contributed by atoms with van der Waals surface area (Å²) in [6, 6.07) is 4.28. The largest absolute Gasteiger partial charge is 0.300 e. The van der Waals surface area contributed by atoms with Crippen LogP contribution in [0.15, 0.2) is 54.2 Å². The molecule has 0 saturated heterocycles. The summed E-state index contributed by atoms with van der Waals surface area (Å²) in [5.41, 5.74) is 6.74. The van der Waals surface area contributed by atoms with Gasteiger partial charge in [-0.05, 0) is 99.3 Å². The molecule has 0 aromatic heterocycles. The van der Waals surface area contributed by atoms with Crippen LogP contribution in [0.2, 0.25) is 0 Å². The smallest absolute Gasteiger partial charge is 0.163 e. The highest BCUT2D eigenvalue weighted by molar-refractivity contribution is 6.01. The number of hydrogen-bond donors (Lipinski definition) is 0. The third-order valence-corrected chi connectivity index (χ3v) is 9.36. The van der Waals surface area contributed by atoms with Gasteiger partial charge in [-0.15, -0.1) is 0 Å². The molecule has 238 valence electrons. The quantitative estimate of drug-likeness (QED) is 0.178. The molecule has 0 bridgehead atoms. The molecule has 2 aliphatic rings. The van der Waals surface area contributed by atoms with Gasteiger partial charge in [0.15, 0.2) is 5.78 Å². The molecule has 0 N–H and O–H groups in total. The summed E-state index contributed by atoms with van der Waals surface area (Å²) in [6.45, 7) is 9.78. The van der Waals surface area contributed by atoms with E-state index in [1.54, 1.807) is 0 Å². The van der Waals surface area contributed by atoms with E-state index in [0.717, 1.165) is 86.5 Å². The molecule has 3 unspecified atom stereocenters. The maximum atomic E-state index is 13.7. The van der Waals surface area contributed by atoms with Gasteiger partial charge < -0.3 is 0 Å². The highest BCUT2D eigenvalue weighted by Gasteiger charge is 2.34. The van der Waals surface area contributed by atoms with Crippen LogP contribution in [0, 0.1) is 24.7 Å². The lowest BCUT2D eigenvalue weighted by Crippen LogP contribution is -2.30. The minimum atomic E-state index is -0.132. The Morgan fingerprint density at radius 2 is 1.68 bits per heavy atom. The molecule has 3 atom stereocenters. The maximum Gasteiger partial charge on any atom is 0.163 e. The summed E-state index contributed by atoms with van der Waals surface area (Å²) in [5.74, 6) is 0.771. The average Bonchev–Trinajstić information content (AvgIpc) is 2.96. The highest BCUT2D eigenvalue weighted by Crippen LogP contribution is 2.39. The third kappa shape index (κ3) is 10.2. The van der Waals surface area contributed by atoms with E-state index in [2.05, 4.69) is 62.4 Å². The van der Waals surface area contributed by atoms with Crippen molar-refractivity contribution in [3.05, 3.63) is 76.4 Å². The van der Waals surface area contributed by atoms with Gasteiger partial charge in [-0.3, -0.25) is 19.2 Å². The molecular weight excluding hydrogens is 544 g/mol. The van der Waals surface area contributed by atoms with Crippen molar-refractivity contribution in [2.45, 2.75) is 125 Å². The van der Waals surface area contributed by atoms with E-state index in [0.29, 0.717) is 25.0 Å². The monoisotopic (exact) mass is 598 g/mol. The Balaban J connectivity index is 1.92. The van der Waals surface area contributed by atoms with Gasteiger partial charge in [-0.1, -0.05) is 87.8 Å². The van der Waals surface area contributed by atoms with E-state index in [9.17, 15) is 19.2 Å². The van der Waals surface area contributed by atoms with Crippen molar-refractivity contribution in [2.24, 2.45) is 17.8 Å². The van der Waals surface area contributed by atoms with Crippen molar-refractivity contribution in [1.82, 2.24) is 0 Å². The molecule has 2 aliphatic carbocycles. The third-order valence-electron chi connectivity index (χ3n) is 9.36. The van der Waals surface area contributed by atoms with E-state index >= 15 is 0 Å². The normalized spacial score (nSPS) is 22.0. The Kier molecular flexibility index (Phi) is 14.4. The molecule has 1 aromatic carbocycles. The molecule has 0 fully saturated rings. The van der Waals surface area contributed by atoms with Crippen LogP contribution < -0.4 is 0 Å².